The number of halogens is 2. The number of hydrogen-bond acceptors (Lipinski definition) is 13. The fourth-order valence-corrected chi connectivity index (χ4v) is 5.39. The minimum atomic E-state index is -4.61. The molecule has 0 aliphatic carbocycles. The molecule has 1 aromatic heterocycles. The first-order valence-corrected chi connectivity index (χ1v) is 14.4. The molecule has 19 heteroatoms. The van der Waals surface area contributed by atoms with Crippen molar-refractivity contribution in [1.82, 2.24) is 19.6 Å². The van der Waals surface area contributed by atoms with Crippen LogP contribution in [0.15, 0.2) is 35.4 Å². The molecule has 0 spiro atoms. The van der Waals surface area contributed by atoms with Crippen molar-refractivity contribution in [3.8, 4) is 0 Å². The Kier molecular flexibility index (Phi) is 10.4. The summed E-state index contributed by atoms with van der Waals surface area (Å²) in [4.78, 5) is 41.8. The molecule has 16 nitrogen and oxygen atoms in total. The van der Waals surface area contributed by atoms with E-state index in [-0.39, 0.29) is 17.7 Å². The number of aliphatic hydroxyl groups excluding tert-OH is 1. The second-order valence-electron chi connectivity index (χ2n) is 11.0. The fourth-order valence-electron chi connectivity index (χ4n) is 3.73. The van der Waals surface area contributed by atoms with Crippen molar-refractivity contribution in [3.63, 3.8) is 0 Å². The zero-order valence-corrected chi connectivity index (χ0v) is 24.8. The van der Waals surface area contributed by atoms with E-state index in [2.05, 4.69) is 15.1 Å². The van der Waals surface area contributed by atoms with Gasteiger partial charge in [0.15, 0.2) is 6.10 Å². The lowest BCUT2D eigenvalue weighted by Crippen LogP contribution is -2.42. The third-order valence-electron chi connectivity index (χ3n) is 6.01. The Bertz CT molecular complexity index is 1420. The summed E-state index contributed by atoms with van der Waals surface area (Å²) in [6, 6.07) is 3.78. The minimum absolute atomic E-state index is 0.0237. The van der Waals surface area contributed by atoms with Crippen LogP contribution in [0, 0.1) is 15.5 Å². The predicted molar refractivity (Wildman–Crippen MR) is 145 cm³/mol. The van der Waals surface area contributed by atoms with Crippen LogP contribution in [0.1, 0.15) is 52.5 Å². The van der Waals surface area contributed by atoms with Gasteiger partial charge in [0.25, 0.3) is 5.69 Å². The summed E-state index contributed by atoms with van der Waals surface area (Å²) in [6.07, 6.45) is -7.14. The van der Waals surface area contributed by atoms with Crippen LogP contribution in [0.25, 0.3) is 0 Å². The SMILES string of the molecule is CC(OP(=O)(N[C@@H](C)C(=O)OCC(C)(C)C)OC[C@H]1O[C@@H](n2cnc(N)nc2=O)C(F)(F)C1O)c1ccc([N+](=O)[O-])cc1. The number of nitro benzene ring substituents is 1. The van der Waals surface area contributed by atoms with Gasteiger partial charge < -0.3 is 20.3 Å². The molecule has 1 fully saturated rings. The highest BCUT2D eigenvalue weighted by molar-refractivity contribution is 7.51. The van der Waals surface area contributed by atoms with Gasteiger partial charge in [0.1, 0.15) is 18.5 Å². The molecule has 2 aromatic rings. The number of nitrogens with two attached hydrogens (primary N) is 1. The second-order valence-corrected chi connectivity index (χ2v) is 12.7. The standard InChI is InChI=1S/C24H33F2N6O10P/c1-13(19(34)39-11-23(3,4)5)30-43(38,42-14(2)15-6-8-16(9-7-15)32(36)37)40-10-17-18(33)24(25,26)20(41-17)31-12-28-21(27)29-22(31)35/h6-9,12-14,17-18,20,33H,10-11H2,1-5H3,(H,30,38)(H2,27,29,35)/t13-,14?,17+,18?,20+,43?/m0/s1. The Morgan fingerprint density at radius 2 is 1.95 bits per heavy atom. The van der Waals surface area contributed by atoms with Crippen LogP contribution in [0.3, 0.4) is 0 Å². The van der Waals surface area contributed by atoms with Gasteiger partial charge in [-0.15, -0.1) is 0 Å². The first kappa shape index (κ1) is 34.1. The first-order chi connectivity index (χ1) is 19.8. The zero-order valence-electron chi connectivity index (χ0n) is 23.9. The van der Waals surface area contributed by atoms with Crippen molar-refractivity contribution < 1.29 is 46.7 Å². The number of carbonyl (C=O) groups is 1. The van der Waals surface area contributed by atoms with Crippen LogP contribution in [-0.2, 0) is 27.9 Å². The third kappa shape index (κ3) is 8.58. The monoisotopic (exact) mass is 634 g/mol. The van der Waals surface area contributed by atoms with Crippen molar-refractivity contribution in [3.05, 3.63) is 56.8 Å². The number of nitrogens with zero attached hydrogens (tertiary/aromatic N) is 4. The van der Waals surface area contributed by atoms with E-state index < -0.39 is 73.4 Å². The molecule has 2 heterocycles. The van der Waals surface area contributed by atoms with E-state index in [1.807, 2.05) is 20.8 Å². The van der Waals surface area contributed by atoms with Gasteiger partial charge in [0, 0.05) is 12.1 Å². The number of anilines is 1. The van der Waals surface area contributed by atoms with Gasteiger partial charge in [-0.3, -0.25) is 24.0 Å². The number of aromatic nitrogens is 3. The summed E-state index contributed by atoms with van der Waals surface area (Å²) in [7, 11) is -4.61. The number of carbonyl (C=O) groups excluding carboxylic acids is 1. The number of aliphatic hydroxyl groups is 1. The summed E-state index contributed by atoms with van der Waals surface area (Å²) in [5, 5.41) is 23.7. The number of rotatable bonds is 12. The van der Waals surface area contributed by atoms with Gasteiger partial charge in [-0.05, 0) is 37.0 Å². The molecule has 1 aromatic carbocycles. The van der Waals surface area contributed by atoms with E-state index in [1.54, 1.807) is 0 Å². The lowest BCUT2D eigenvalue weighted by molar-refractivity contribution is -0.384. The summed E-state index contributed by atoms with van der Waals surface area (Å²) in [5.41, 5.74) is 3.81. The normalized spacial score (nSPS) is 22.8. The van der Waals surface area contributed by atoms with Crippen LogP contribution < -0.4 is 16.5 Å². The molecule has 3 unspecified atom stereocenters. The van der Waals surface area contributed by atoms with Gasteiger partial charge >= 0.3 is 25.3 Å². The maximum Gasteiger partial charge on any atom is 0.406 e. The lowest BCUT2D eigenvalue weighted by atomic mass is 9.99. The highest BCUT2D eigenvalue weighted by Crippen LogP contribution is 2.50. The molecule has 1 aliphatic rings. The van der Waals surface area contributed by atoms with Crippen molar-refractivity contribution in [1.29, 1.82) is 0 Å². The Balaban J connectivity index is 1.82. The molecule has 0 radical (unpaired) electrons. The summed E-state index contributed by atoms with van der Waals surface area (Å²) in [5.74, 6) is -5.34. The highest BCUT2D eigenvalue weighted by atomic mass is 31.2. The largest absolute Gasteiger partial charge is 0.464 e. The van der Waals surface area contributed by atoms with E-state index in [9.17, 15) is 38.2 Å². The number of nitro groups is 1. The van der Waals surface area contributed by atoms with Crippen molar-refractivity contribution in [2.24, 2.45) is 5.41 Å². The minimum Gasteiger partial charge on any atom is -0.464 e. The molecule has 0 saturated carbocycles. The van der Waals surface area contributed by atoms with Crippen molar-refractivity contribution >= 4 is 25.4 Å². The van der Waals surface area contributed by atoms with Crippen LogP contribution in [0.5, 0.6) is 0 Å². The second kappa shape index (κ2) is 13.1. The van der Waals surface area contributed by atoms with E-state index in [1.165, 1.54) is 38.1 Å². The van der Waals surface area contributed by atoms with Gasteiger partial charge in [-0.1, -0.05) is 20.8 Å². The molecule has 0 bridgehead atoms. The Labute approximate surface area is 244 Å². The van der Waals surface area contributed by atoms with Gasteiger partial charge in [0.05, 0.1) is 24.2 Å². The maximum atomic E-state index is 15.0. The maximum absolute atomic E-state index is 15.0. The lowest BCUT2D eigenvalue weighted by Gasteiger charge is -2.27. The molecule has 43 heavy (non-hydrogen) atoms. The first-order valence-electron chi connectivity index (χ1n) is 12.9. The van der Waals surface area contributed by atoms with Crippen LogP contribution in [0.2, 0.25) is 0 Å². The van der Waals surface area contributed by atoms with E-state index in [0.717, 1.165) is 0 Å². The number of non-ortho nitro benzene ring substituents is 1. The smallest absolute Gasteiger partial charge is 0.406 e. The van der Waals surface area contributed by atoms with Crippen molar-refractivity contribution in [2.45, 2.75) is 71.1 Å². The number of esters is 1. The Hall–Kier alpha value is -3.41. The summed E-state index contributed by atoms with van der Waals surface area (Å²) >= 11 is 0. The predicted octanol–water partition coefficient (Wildman–Crippen LogP) is 2.49. The fraction of sp³-hybridized carbons (Fsp3) is 0.583. The Morgan fingerprint density at radius 1 is 1.33 bits per heavy atom. The number of hydrogen-bond donors (Lipinski definition) is 3. The summed E-state index contributed by atoms with van der Waals surface area (Å²) < 4.78 is 65.5. The number of ether oxygens (including phenoxy) is 2. The molecule has 1 aliphatic heterocycles. The summed E-state index contributed by atoms with van der Waals surface area (Å²) in [6.45, 7) is 7.26. The van der Waals surface area contributed by atoms with Crippen LogP contribution in [0.4, 0.5) is 20.4 Å². The van der Waals surface area contributed by atoms with Crippen molar-refractivity contribution in [2.75, 3.05) is 18.9 Å². The average Bonchev–Trinajstić information content (AvgIpc) is 3.13. The Morgan fingerprint density at radius 3 is 2.51 bits per heavy atom. The number of benzene rings is 1. The van der Waals surface area contributed by atoms with E-state index in [4.69, 9.17) is 24.3 Å². The van der Waals surface area contributed by atoms with E-state index in [0.29, 0.717) is 16.5 Å². The molecular weight excluding hydrogens is 601 g/mol. The topological polar surface area (TPSA) is 220 Å². The highest BCUT2D eigenvalue weighted by Gasteiger charge is 2.60. The van der Waals surface area contributed by atoms with Gasteiger partial charge in [-0.25, -0.2) is 24.0 Å². The van der Waals surface area contributed by atoms with Gasteiger partial charge in [0.2, 0.25) is 12.2 Å². The van der Waals surface area contributed by atoms with Crippen LogP contribution >= 0.6 is 7.75 Å². The van der Waals surface area contributed by atoms with Crippen LogP contribution in [-0.4, -0.2) is 67.9 Å². The average molecular weight is 635 g/mol. The molecule has 4 N–H and O–H groups in total. The quantitative estimate of drug-likeness (QED) is 0.132. The number of alkyl halides is 2. The molecule has 238 valence electrons. The number of nitrogens with one attached hydrogen (secondary N) is 1. The molecule has 0 amide bonds. The zero-order chi connectivity index (χ0) is 32.3. The van der Waals surface area contributed by atoms with Gasteiger partial charge in [-0.2, -0.15) is 13.8 Å². The molecule has 3 rings (SSSR count). The third-order valence-corrected chi connectivity index (χ3v) is 7.80. The number of nitrogen functional groups attached to an aromatic ring is 1. The van der Waals surface area contributed by atoms with E-state index >= 15 is 0 Å². The molecular formula is C24H33F2N6O10P. The molecule has 1 saturated heterocycles. The molecule has 6 atom stereocenters.